The number of hydrogen-bond donors (Lipinski definition) is 1. The van der Waals surface area contributed by atoms with Gasteiger partial charge in [-0.25, -0.2) is 0 Å². The zero-order valence-electron chi connectivity index (χ0n) is 12.1. The summed E-state index contributed by atoms with van der Waals surface area (Å²) in [6, 6.07) is 11.3. The fourth-order valence-electron chi connectivity index (χ4n) is 2.86. The van der Waals surface area contributed by atoms with Crippen molar-refractivity contribution in [3.05, 3.63) is 35.9 Å². The van der Waals surface area contributed by atoms with Crippen molar-refractivity contribution in [1.82, 2.24) is 9.80 Å². The molecule has 1 aliphatic rings. The van der Waals surface area contributed by atoms with Crippen LogP contribution in [0.25, 0.3) is 0 Å². The summed E-state index contributed by atoms with van der Waals surface area (Å²) < 4.78 is 0. The van der Waals surface area contributed by atoms with Gasteiger partial charge in [0.15, 0.2) is 0 Å². The molecule has 1 unspecified atom stereocenters. The van der Waals surface area contributed by atoms with Crippen LogP contribution in [0.15, 0.2) is 30.3 Å². The number of rotatable bonds is 5. The van der Waals surface area contributed by atoms with Gasteiger partial charge in [0, 0.05) is 25.7 Å². The van der Waals surface area contributed by atoms with Gasteiger partial charge in [0.2, 0.25) is 0 Å². The molecule has 19 heavy (non-hydrogen) atoms. The van der Waals surface area contributed by atoms with Crippen molar-refractivity contribution in [3.8, 4) is 0 Å². The Labute approximate surface area is 117 Å². The molecule has 1 aromatic rings. The van der Waals surface area contributed by atoms with E-state index in [1.165, 1.54) is 38.0 Å². The van der Waals surface area contributed by atoms with E-state index in [9.17, 15) is 0 Å². The molecule has 3 nitrogen and oxygen atoms in total. The van der Waals surface area contributed by atoms with Gasteiger partial charge in [-0.15, -0.1) is 0 Å². The van der Waals surface area contributed by atoms with Gasteiger partial charge in [-0.2, -0.15) is 0 Å². The van der Waals surface area contributed by atoms with Crippen molar-refractivity contribution >= 4 is 0 Å². The number of hydrogen-bond acceptors (Lipinski definition) is 3. The van der Waals surface area contributed by atoms with Gasteiger partial charge in [-0.3, -0.25) is 4.90 Å². The number of aryl methyl sites for hydroxylation is 1. The molecule has 0 radical (unpaired) electrons. The topological polar surface area (TPSA) is 32.5 Å². The lowest BCUT2D eigenvalue weighted by Crippen LogP contribution is -2.42. The quantitative estimate of drug-likeness (QED) is 0.873. The minimum atomic E-state index is 0.534. The van der Waals surface area contributed by atoms with Crippen LogP contribution in [0.5, 0.6) is 0 Å². The Bertz CT molecular complexity index is 352. The summed E-state index contributed by atoms with van der Waals surface area (Å²) in [5, 5.41) is 0. The third kappa shape index (κ3) is 4.60. The molecule has 1 fully saturated rings. The number of nitrogens with zero attached hydrogens (tertiary/aromatic N) is 2. The number of benzene rings is 1. The minimum absolute atomic E-state index is 0.534. The third-order valence-electron chi connectivity index (χ3n) is 4.15. The second-order valence-electron chi connectivity index (χ2n) is 5.61. The average molecular weight is 261 g/mol. The van der Waals surface area contributed by atoms with E-state index in [1.807, 2.05) is 0 Å². The summed E-state index contributed by atoms with van der Waals surface area (Å²) in [4.78, 5) is 5.01. The van der Waals surface area contributed by atoms with Gasteiger partial charge in [-0.05, 0) is 45.0 Å². The highest BCUT2D eigenvalue weighted by Crippen LogP contribution is 2.12. The zero-order valence-corrected chi connectivity index (χ0v) is 12.1. The van der Waals surface area contributed by atoms with Crippen LogP contribution in [0.4, 0.5) is 0 Å². The Morgan fingerprint density at radius 3 is 2.63 bits per heavy atom. The maximum Gasteiger partial charge on any atom is 0.0222 e. The highest BCUT2D eigenvalue weighted by molar-refractivity contribution is 5.14. The Hall–Kier alpha value is -0.900. The van der Waals surface area contributed by atoms with Crippen LogP contribution in [0.1, 0.15) is 18.4 Å². The predicted molar refractivity (Wildman–Crippen MR) is 81.3 cm³/mol. The summed E-state index contributed by atoms with van der Waals surface area (Å²) >= 11 is 0. The Balaban J connectivity index is 1.85. The Kier molecular flexibility index (Phi) is 5.83. The first-order chi connectivity index (χ1) is 9.29. The highest BCUT2D eigenvalue weighted by Gasteiger charge is 2.19. The first-order valence-electron chi connectivity index (χ1n) is 7.46. The molecular weight excluding hydrogens is 234 g/mol. The molecule has 0 amide bonds. The Morgan fingerprint density at radius 2 is 1.89 bits per heavy atom. The van der Waals surface area contributed by atoms with E-state index in [0.29, 0.717) is 6.04 Å². The van der Waals surface area contributed by atoms with E-state index in [2.05, 4.69) is 47.2 Å². The van der Waals surface area contributed by atoms with E-state index >= 15 is 0 Å². The van der Waals surface area contributed by atoms with Gasteiger partial charge >= 0.3 is 0 Å². The lowest BCUT2D eigenvalue weighted by atomic mass is 10.0. The van der Waals surface area contributed by atoms with Crippen molar-refractivity contribution in [3.63, 3.8) is 0 Å². The van der Waals surface area contributed by atoms with Crippen LogP contribution < -0.4 is 5.73 Å². The summed E-state index contributed by atoms with van der Waals surface area (Å²) in [6.45, 7) is 5.51. The minimum Gasteiger partial charge on any atom is -0.329 e. The van der Waals surface area contributed by atoms with E-state index in [4.69, 9.17) is 5.73 Å². The molecule has 106 valence electrons. The second kappa shape index (κ2) is 7.63. The molecule has 0 saturated carbocycles. The first kappa shape index (κ1) is 14.5. The first-order valence-corrected chi connectivity index (χ1v) is 7.46. The van der Waals surface area contributed by atoms with Gasteiger partial charge in [-0.1, -0.05) is 30.3 Å². The van der Waals surface area contributed by atoms with E-state index in [1.54, 1.807) is 0 Å². The second-order valence-corrected chi connectivity index (χ2v) is 5.61. The molecule has 1 atom stereocenters. The standard InChI is InChI=1S/C16H27N3/c1-18-10-5-11-19(13-12-18)16(14-17)9-8-15-6-3-2-4-7-15/h2-4,6-7,16H,5,8-14,17H2,1H3. The van der Waals surface area contributed by atoms with Crippen LogP contribution in [0, 0.1) is 0 Å². The highest BCUT2D eigenvalue weighted by atomic mass is 15.2. The van der Waals surface area contributed by atoms with Crippen molar-refractivity contribution in [2.75, 3.05) is 39.8 Å². The molecule has 2 N–H and O–H groups in total. The van der Waals surface area contributed by atoms with E-state index < -0.39 is 0 Å². The lowest BCUT2D eigenvalue weighted by Gasteiger charge is -2.29. The maximum absolute atomic E-state index is 6.00. The summed E-state index contributed by atoms with van der Waals surface area (Å²) in [5.74, 6) is 0. The van der Waals surface area contributed by atoms with Gasteiger partial charge < -0.3 is 10.6 Å². The van der Waals surface area contributed by atoms with Crippen molar-refractivity contribution in [2.45, 2.75) is 25.3 Å². The fraction of sp³-hybridized carbons (Fsp3) is 0.625. The summed E-state index contributed by atoms with van der Waals surface area (Å²) in [6.07, 6.45) is 3.57. The van der Waals surface area contributed by atoms with Gasteiger partial charge in [0.25, 0.3) is 0 Å². The van der Waals surface area contributed by atoms with Gasteiger partial charge in [0.05, 0.1) is 0 Å². The van der Waals surface area contributed by atoms with E-state index in [0.717, 1.165) is 19.5 Å². The average Bonchev–Trinajstić information content (AvgIpc) is 2.66. The fourth-order valence-corrected chi connectivity index (χ4v) is 2.86. The van der Waals surface area contributed by atoms with E-state index in [-0.39, 0.29) is 0 Å². The molecule has 0 spiro atoms. The summed E-state index contributed by atoms with van der Waals surface area (Å²) in [5.41, 5.74) is 7.42. The molecule has 1 heterocycles. The Morgan fingerprint density at radius 1 is 1.11 bits per heavy atom. The van der Waals surface area contributed by atoms with Crippen LogP contribution >= 0.6 is 0 Å². The molecule has 1 saturated heterocycles. The molecule has 0 aliphatic carbocycles. The van der Waals surface area contributed by atoms with Crippen LogP contribution in [0.3, 0.4) is 0 Å². The maximum atomic E-state index is 6.00. The van der Waals surface area contributed by atoms with Gasteiger partial charge in [0.1, 0.15) is 0 Å². The molecular formula is C16H27N3. The normalized spacial score (nSPS) is 20.1. The van der Waals surface area contributed by atoms with Crippen LogP contribution in [-0.4, -0.2) is 55.6 Å². The molecule has 2 rings (SSSR count). The van der Waals surface area contributed by atoms with Crippen molar-refractivity contribution < 1.29 is 0 Å². The monoisotopic (exact) mass is 261 g/mol. The number of nitrogens with two attached hydrogens (primary N) is 1. The molecule has 0 bridgehead atoms. The molecule has 0 aromatic heterocycles. The third-order valence-corrected chi connectivity index (χ3v) is 4.15. The predicted octanol–water partition coefficient (Wildman–Crippen LogP) is 1.58. The summed E-state index contributed by atoms with van der Waals surface area (Å²) in [7, 11) is 2.21. The zero-order chi connectivity index (χ0) is 13.5. The molecule has 3 heteroatoms. The molecule has 1 aliphatic heterocycles. The van der Waals surface area contributed by atoms with Crippen LogP contribution in [-0.2, 0) is 6.42 Å². The smallest absolute Gasteiger partial charge is 0.0222 e. The number of likely N-dealkylation sites (N-methyl/N-ethyl adjacent to an activating group) is 1. The molecule has 1 aromatic carbocycles. The largest absolute Gasteiger partial charge is 0.329 e. The van der Waals surface area contributed by atoms with Crippen LogP contribution in [0.2, 0.25) is 0 Å². The van der Waals surface area contributed by atoms with Crippen molar-refractivity contribution in [2.24, 2.45) is 5.73 Å². The van der Waals surface area contributed by atoms with Crippen molar-refractivity contribution in [1.29, 1.82) is 0 Å². The lowest BCUT2D eigenvalue weighted by molar-refractivity contribution is 0.197. The SMILES string of the molecule is CN1CCCN(C(CN)CCc2ccccc2)CC1.